The van der Waals surface area contributed by atoms with Crippen LogP contribution in [0.1, 0.15) is 66.0 Å². The molecule has 6 atom stereocenters. The number of aryl methyl sites for hydroxylation is 1. The maximum absolute atomic E-state index is 13.7. The number of nitrogens with zero attached hydrogens (tertiary/aromatic N) is 3. The van der Waals surface area contributed by atoms with E-state index >= 15 is 0 Å². The van der Waals surface area contributed by atoms with Crippen molar-refractivity contribution in [2.24, 2.45) is 5.11 Å². The Kier molecular flexibility index (Phi) is 25.6. The van der Waals surface area contributed by atoms with Crippen molar-refractivity contribution in [2.75, 3.05) is 66.4 Å². The van der Waals surface area contributed by atoms with Gasteiger partial charge in [0.15, 0.2) is 23.7 Å². The first-order valence-corrected chi connectivity index (χ1v) is 24.2. The quantitative estimate of drug-likeness (QED) is 0.0284. The average molecular weight is 1070 g/mol. The van der Waals surface area contributed by atoms with Crippen LogP contribution in [0.15, 0.2) is 47.6 Å². The molecule has 1 saturated heterocycles. The van der Waals surface area contributed by atoms with Gasteiger partial charge < -0.3 is 71.1 Å². The van der Waals surface area contributed by atoms with Crippen molar-refractivity contribution in [3.63, 3.8) is 0 Å². The van der Waals surface area contributed by atoms with E-state index in [1.807, 2.05) is 0 Å². The van der Waals surface area contributed by atoms with Crippen LogP contribution >= 0.6 is 0 Å². The Hall–Kier alpha value is -6.97. The fraction of sp³-hybridized carbons (Fsp3) is 0.587. The Balaban J connectivity index is 1.87. The summed E-state index contributed by atoms with van der Waals surface area (Å²) in [7, 11) is -3.95. The van der Waals surface area contributed by atoms with Crippen molar-refractivity contribution in [1.29, 1.82) is 0 Å². The van der Waals surface area contributed by atoms with E-state index in [2.05, 4.69) is 20.7 Å². The number of esters is 5. The summed E-state index contributed by atoms with van der Waals surface area (Å²) in [6, 6.07) is 8.07. The average Bonchev–Trinajstić information content (AvgIpc) is 3.30. The standard InChI is InChI=1S/C46H63N5O22S/c1-28(52)65-27-38-40(66-29(2)53)41(67-30(3)54)42(68-31(4)55)44(70-38)69-36-15-11-33(12-16-39(56)48-17-19-62-21-23-64-24-22-63-20-18-49-51-47)26-37(36)73-74(59,60)72-34-13-9-32(10-14-34)25-35(43(57)61-8)50-45(58)71-46(5,6)7/h9-11,13-15,26,35,38,40-42,44H,12,16-25,27H2,1-8H3,(H,48,56)(H,50,58)/t35?,38-,40+,41+,42-,44?/m1/s1. The molecule has 0 saturated carbocycles. The molecule has 0 bridgehead atoms. The number of amides is 2. The smallest absolute Gasteiger partial charge is 0.467 e. The lowest BCUT2D eigenvalue weighted by molar-refractivity contribution is -0.288. The van der Waals surface area contributed by atoms with Gasteiger partial charge in [-0.25, -0.2) is 9.59 Å². The molecule has 2 unspecified atom stereocenters. The van der Waals surface area contributed by atoms with E-state index in [1.165, 1.54) is 42.5 Å². The van der Waals surface area contributed by atoms with E-state index in [4.69, 9.17) is 66.0 Å². The van der Waals surface area contributed by atoms with Crippen LogP contribution in [0, 0.1) is 0 Å². The van der Waals surface area contributed by atoms with Crippen molar-refractivity contribution in [3.8, 4) is 17.2 Å². The summed E-state index contributed by atoms with van der Waals surface area (Å²) in [6.07, 6.45) is -9.16. The van der Waals surface area contributed by atoms with Crippen LogP contribution in [0.3, 0.4) is 0 Å². The number of ether oxygens (including phenoxy) is 11. The minimum Gasteiger partial charge on any atom is -0.467 e. The van der Waals surface area contributed by atoms with Crippen LogP contribution in [-0.4, -0.2) is 159 Å². The minimum atomic E-state index is -5.09. The monoisotopic (exact) mass is 1070 g/mol. The van der Waals surface area contributed by atoms with Gasteiger partial charge in [-0.05, 0) is 68.1 Å². The number of rotatable bonds is 30. The number of hydrogen-bond acceptors (Lipinski definition) is 23. The lowest BCUT2D eigenvalue weighted by atomic mass is 9.98. The molecule has 2 aromatic carbocycles. The van der Waals surface area contributed by atoms with Gasteiger partial charge in [0.2, 0.25) is 18.3 Å². The summed E-state index contributed by atoms with van der Waals surface area (Å²) < 4.78 is 97.9. The molecule has 74 heavy (non-hydrogen) atoms. The van der Waals surface area contributed by atoms with Gasteiger partial charge in [-0.1, -0.05) is 23.3 Å². The van der Waals surface area contributed by atoms with E-state index < -0.39 is 107 Å². The number of benzene rings is 2. The third-order valence-electron chi connectivity index (χ3n) is 9.48. The fourth-order valence-electron chi connectivity index (χ4n) is 6.53. The molecule has 410 valence electrons. The summed E-state index contributed by atoms with van der Waals surface area (Å²) >= 11 is 0. The number of carbonyl (C=O) groups excluding carboxylic acids is 7. The molecule has 1 fully saturated rings. The summed E-state index contributed by atoms with van der Waals surface area (Å²) in [5.41, 5.74) is 8.20. The van der Waals surface area contributed by atoms with Crippen molar-refractivity contribution < 1.29 is 102 Å². The SMILES string of the molecule is COC(=O)C(Cc1ccc(OS(=O)(=O)Oc2cc(CCC(=O)NCCOCCOCCOCCN=[N+]=[N-])ccc2OC2O[C@H](COC(C)=O)[C@H](OC(C)=O)[C@H](OC(C)=O)[C@H]2OC(C)=O)cc1)NC(=O)OC(C)(C)C. The van der Waals surface area contributed by atoms with Crippen molar-refractivity contribution in [3.05, 3.63) is 64.0 Å². The fourth-order valence-corrected chi connectivity index (χ4v) is 7.26. The van der Waals surface area contributed by atoms with E-state index in [0.29, 0.717) is 24.3 Å². The second kappa shape index (κ2) is 30.9. The van der Waals surface area contributed by atoms with Crippen LogP contribution in [-0.2, 0) is 99.4 Å². The zero-order valence-corrected chi connectivity index (χ0v) is 43.0. The number of carbonyl (C=O) groups is 7. The summed E-state index contributed by atoms with van der Waals surface area (Å²) in [5.74, 6) is -5.86. The van der Waals surface area contributed by atoms with Crippen LogP contribution in [0.4, 0.5) is 4.79 Å². The molecule has 0 aliphatic carbocycles. The third-order valence-corrected chi connectivity index (χ3v) is 10.3. The lowest BCUT2D eigenvalue weighted by Crippen LogP contribution is -2.63. The first kappa shape index (κ1) is 61.3. The maximum Gasteiger partial charge on any atom is 0.501 e. The van der Waals surface area contributed by atoms with Gasteiger partial charge in [0.25, 0.3) is 0 Å². The van der Waals surface area contributed by atoms with Crippen molar-refractivity contribution in [2.45, 2.75) is 110 Å². The second-order valence-corrected chi connectivity index (χ2v) is 17.9. The Labute approximate surface area is 427 Å². The molecular formula is C46H63N5O22S. The molecule has 0 spiro atoms. The molecule has 0 aromatic heterocycles. The Morgan fingerprint density at radius 3 is 1.95 bits per heavy atom. The highest BCUT2D eigenvalue weighted by molar-refractivity contribution is 7.82. The molecule has 1 heterocycles. The van der Waals surface area contributed by atoms with E-state index in [-0.39, 0.29) is 70.4 Å². The molecule has 3 rings (SSSR count). The first-order chi connectivity index (χ1) is 35.0. The maximum atomic E-state index is 13.7. The molecular weight excluding hydrogens is 1010 g/mol. The Morgan fingerprint density at radius 2 is 1.35 bits per heavy atom. The zero-order chi connectivity index (χ0) is 54.8. The van der Waals surface area contributed by atoms with Crippen LogP contribution in [0.2, 0.25) is 0 Å². The van der Waals surface area contributed by atoms with Gasteiger partial charge in [-0.3, -0.25) is 24.0 Å². The molecule has 27 nitrogen and oxygen atoms in total. The number of azide groups is 1. The first-order valence-electron chi connectivity index (χ1n) is 22.9. The second-order valence-electron chi connectivity index (χ2n) is 16.8. The Bertz CT molecular complexity index is 2360. The van der Waals surface area contributed by atoms with Crippen LogP contribution < -0.4 is 23.7 Å². The van der Waals surface area contributed by atoms with Crippen molar-refractivity contribution in [1.82, 2.24) is 10.6 Å². The number of alkyl carbamates (subject to hydrolysis) is 1. The highest BCUT2D eigenvalue weighted by Crippen LogP contribution is 2.36. The van der Waals surface area contributed by atoms with Gasteiger partial charge in [0, 0.05) is 58.5 Å². The molecule has 2 aromatic rings. The molecule has 2 N–H and O–H groups in total. The zero-order valence-electron chi connectivity index (χ0n) is 42.2. The summed E-state index contributed by atoms with van der Waals surface area (Å²) in [5, 5.41) is 8.52. The molecule has 2 amide bonds. The largest absolute Gasteiger partial charge is 0.501 e. The molecule has 1 aliphatic rings. The van der Waals surface area contributed by atoms with E-state index in [1.54, 1.807) is 20.8 Å². The van der Waals surface area contributed by atoms with Crippen LogP contribution in [0.25, 0.3) is 10.4 Å². The predicted molar refractivity (Wildman–Crippen MR) is 252 cm³/mol. The van der Waals surface area contributed by atoms with Crippen LogP contribution in [0.5, 0.6) is 17.2 Å². The lowest BCUT2D eigenvalue weighted by Gasteiger charge is -2.43. The van der Waals surface area contributed by atoms with Gasteiger partial charge >= 0.3 is 46.3 Å². The van der Waals surface area contributed by atoms with E-state index in [0.717, 1.165) is 34.8 Å². The highest BCUT2D eigenvalue weighted by atomic mass is 32.3. The topological polar surface area (TPSA) is 346 Å². The number of hydrogen-bond donors (Lipinski definition) is 2. The van der Waals surface area contributed by atoms with Gasteiger partial charge in [0.05, 0.1) is 46.8 Å². The highest BCUT2D eigenvalue weighted by Gasteiger charge is 2.53. The molecule has 1 aliphatic heterocycles. The normalized spacial score (nSPS) is 17.7. The number of methoxy groups -OCH3 is 1. The van der Waals surface area contributed by atoms with Crippen molar-refractivity contribution >= 4 is 52.2 Å². The van der Waals surface area contributed by atoms with E-state index in [9.17, 15) is 42.0 Å². The third kappa shape index (κ3) is 23.7. The number of nitrogens with one attached hydrogen (secondary N) is 2. The summed E-state index contributed by atoms with van der Waals surface area (Å²) in [4.78, 5) is 89.5. The van der Waals surface area contributed by atoms with Gasteiger partial charge in [0.1, 0.15) is 30.1 Å². The summed E-state index contributed by atoms with van der Waals surface area (Å²) in [6.45, 7) is 10.5. The Morgan fingerprint density at radius 1 is 0.757 bits per heavy atom. The predicted octanol–water partition coefficient (Wildman–Crippen LogP) is 2.87. The minimum absolute atomic E-state index is 0.0267. The van der Waals surface area contributed by atoms with Gasteiger partial charge in [-0.15, -0.1) is 8.42 Å². The molecule has 0 radical (unpaired) electrons. The van der Waals surface area contributed by atoms with Gasteiger partial charge in [-0.2, -0.15) is 0 Å². The molecule has 28 heteroatoms.